The molecule has 1 aromatic heterocycles. The number of benzene rings is 1. The van der Waals surface area contributed by atoms with Crippen molar-refractivity contribution in [2.75, 3.05) is 27.2 Å². The maximum Gasteiger partial charge on any atom is 0.222 e. The summed E-state index contributed by atoms with van der Waals surface area (Å²) >= 11 is 0. The SMILES string of the molecule is CN(C)C(=O)CC1CC2(CCN(Cc3cccnc3)CC2)Oc2ccccc21. The molecule has 5 heteroatoms. The van der Waals surface area contributed by atoms with Gasteiger partial charge in [-0.25, -0.2) is 0 Å². The lowest BCUT2D eigenvalue weighted by atomic mass is 9.76. The van der Waals surface area contributed by atoms with Crippen molar-refractivity contribution in [1.82, 2.24) is 14.8 Å². The lowest BCUT2D eigenvalue weighted by Crippen LogP contribution is -2.50. The molecular weight excluding hydrogens is 350 g/mol. The van der Waals surface area contributed by atoms with Gasteiger partial charge in [-0.05, 0) is 42.5 Å². The lowest BCUT2D eigenvalue weighted by Gasteiger charge is -2.47. The Morgan fingerprint density at radius 2 is 2.00 bits per heavy atom. The molecule has 1 saturated heterocycles. The summed E-state index contributed by atoms with van der Waals surface area (Å²) in [6.45, 7) is 2.94. The van der Waals surface area contributed by atoms with Crippen molar-refractivity contribution >= 4 is 5.91 Å². The minimum atomic E-state index is -0.156. The number of amides is 1. The molecule has 1 unspecified atom stereocenters. The van der Waals surface area contributed by atoms with Crippen LogP contribution >= 0.6 is 0 Å². The standard InChI is InChI=1S/C23H29N3O2/c1-25(2)22(27)14-19-15-23(28-21-8-4-3-7-20(19)21)9-12-26(13-10-23)17-18-6-5-11-24-16-18/h3-8,11,16,19H,9-10,12-15,17H2,1-2H3. The topological polar surface area (TPSA) is 45.7 Å². The van der Waals surface area contributed by atoms with Gasteiger partial charge in [0.25, 0.3) is 0 Å². The van der Waals surface area contributed by atoms with Crippen molar-refractivity contribution in [3.05, 3.63) is 59.9 Å². The molecule has 1 aromatic carbocycles. The van der Waals surface area contributed by atoms with E-state index in [1.807, 2.05) is 44.7 Å². The van der Waals surface area contributed by atoms with Crippen LogP contribution in [0.5, 0.6) is 5.75 Å². The molecule has 2 aliphatic rings. The number of ether oxygens (including phenoxy) is 1. The fourth-order valence-corrected chi connectivity index (χ4v) is 4.49. The van der Waals surface area contributed by atoms with Crippen LogP contribution in [-0.2, 0) is 11.3 Å². The molecular formula is C23H29N3O2. The number of pyridine rings is 1. The molecule has 1 fully saturated rings. The fourth-order valence-electron chi connectivity index (χ4n) is 4.49. The molecule has 2 aliphatic heterocycles. The summed E-state index contributed by atoms with van der Waals surface area (Å²) in [7, 11) is 3.67. The van der Waals surface area contributed by atoms with Gasteiger partial charge in [0.05, 0.1) is 0 Å². The maximum atomic E-state index is 12.4. The Morgan fingerprint density at radius 1 is 1.21 bits per heavy atom. The summed E-state index contributed by atoms with van der Waals surface area (Å²) in [4.78, 5) is 20.8. The highest BCUT2D eigenvalue weighted by atomic mass is 16.5. The van der Waals surface area contributed by atoms with E-state index in [0.29, 0.717) is 6.42 Å². The summed E-state index contributed by atoms with van der Waals surface area (Å²) < 4.78 is 6.57. The first kappa shape index (κ1) is 18.9. The minimum Gasteiger partial charge on any atom is -0.487 e. The van der Waals surface area contributed by atoms with Gasteiger partial charge in [0.15, 0.2) is 0 Å². The fraction of sp³-hybridized carbons (Fsp3) is 0.478. The van der Waals surface area contributed by atoms with E-state index in [-0.39, 0.29) is 17.4 Å². The van der Waals surface area contributed by atoms with Crippen molar-refractivity contribution in [3.8, 4) is 5.75 Å². The second kappa shape index (κ2) is 7.92. The predicted molar refractivity (Wildman–Crippen MR) is 109 cm³/mol. The number of carbonyl (C=O) groups is 1. The smallest absolute Gasteiger partial charge is 0.222 e. The third-order valence-electron chi connectivity index (χ3n) is 6.12. The largest absolute Gasteiger partial charge is 0.487 e. The molecule has 1 atom stereocenters. The van der Waals surface area contributed by atoms with Gasteiger partial charge in [0.2, 0.25) is 5.91 Å². The first-order valence-corrected chi connectivity index (χ1v) is 10.1. The van der Waals surface area contributed by atoms with Gasteiger partial charge in [-0.1, -0.05) is 24.3 Å². The molecule has 28 heavy (non-hydrogen) atoms. The zero-order chi connectivity index (χ0) is 19.6. The number of nitrogens with zero attached hydrogens (tertiary/aromatic N) is 3. The van der Waals surface area contributed by atoms with Crippen LogP contribution in [0.25, 0.3) is 0 Å². The van der Waals surface area contributed by atoms with E-state index in [2.05, 4.69) is 28.1 Å². The number of hydrogen-bond donors (Lipinski definition) is 0. The second-order valence-electron chi connectivity index (χ2n) is 8.35. The highest BCUT2D eigenvalue weighted by Crippen LogP contribution is 2.46. The Kier molecular flexibility index (Phi) is 5.36. The van der Waals surface area contributed by atoms with Crippen LogP contribution in [0.15, 0.2) is 48.8 Å². The molecule has 5 nitrogen and oxygen atoms in total. The van der Waals surface area contributed by atoms with Crippen molar-refractivity contribution < 1.29 is 9.53 Å². The molecule has 0 bridgehead atoms. The first-order chi connectivity index (χ1) is 13.5. The maximum absolute atomic E-state index is 12.4. The summed E-state index contributed by atoms with van der Waals surface area (Å²) in [5.41, 5.74) is 2.28. The quantitative estimate of drug-likeness (QED) is 0.816. The number of fused-ring (bicyclic) bond motifs is 1. The molecule has 1 amide bonds. The molecule has 148 valence electrons. The van der Waals surface area contributed by atoms with Gasteiger partial charge in [0, 0.05) is 58.5 Å². The van der Waals surface area contributed by atoms with Gasteiger partial charge in [-0.15, -0.1) is 0 Å². The highest BCUT2D eigenvalue weighted by molar-refractivity contribution is 5.76. The third-order valence-corrected chi connectivity index (χ3v) is 6.12. The molecule has 3 heterocycles. The molecule has 0 saturated carbocycles. The van der Waals surface area contributed by atoms with Crippen molar-refractivity contribution in [3.63, 3.8) is 0 Å². The molecule has 0 aliphatic carbocycles. The number of likely N-dealkylation sites (tertiary alicyclic amines) is 1. The molecule has 2 aromatic rings. The van der Waals surface area contributed by atoms with E-state index in [9.17, 15) is 4.79 Å². The number of carbonyl (C=O) groups excluding carboxylic acids is 1. The number of rotatable bonds is 4. The van der Waals surface area contributed by atoms with Crippen molar-refractivity contribution in [2.45, 2.75) is 43.7 Å². The number of aromatic nitrogens is 1. The van der Waals surface area contributed by atoms with Crippen molar-refractivity contribution in [2.24, 2.45) is 0 Å². The molecule has 1 spiro atoms. The summed E-state index contributed by atoms with van der Waals surface area (Å²) in [6.07, 6.45) is 7.22. The number of hydrogen-bond acceptors (Lipinski definition) is 4. The summed E-state index contributed by atoms with van der Waals surface area (Å²) in [5.74, 6) is 1.38. The van der Waals surface area contributed by atoms with Crippen LogP contribution in [0, 0.1) is 0 Å². The van der Waals surface area contributed by atoms with E-state index < -0.39 is 0 Å². The van der Waals surface area contributed by atoms with Gasteiger partial charge in [0.1, 0.15) is 11.4 Å². The number of para-hydroxylation sites is 1. The zero-order valence-electron chi connectivity index (χ0n) is 16.8. The van der Waals surface area contributed by atoms with Crippen LogP contribution in [0.4, 0.5) is 0 Å². The van der Waals surface area contributed by atoms with Crippen LogP contribution in [0.2, 0.25) is 0 Å². The average Bonchev–Trinajstić information content (AvgIpc) is 2.70. The molecule has 0 N–H and O–H groups in total. The number of piperidine rings is 1. The van der Waals surface area contributed by atoms with Crippen LogP contribution in [0.3, 0.4) is 0 Å². The summed E-state index contributed by atoms with van der Waals surface area (Å²) in [6, 6.07) is 12.4. The second-order valence-corrected chi connectivity index (χ2v) is 8.35. The average molecular weight is 380 g/mol. The van der Waals surface area contributed by atoms with E-state index in [1.54, 1.807) is 4.90 Å². The van der Waals surface area contributed by atoms with Gasteiger partial charge in [-0.2, -0.15) is 0 Å². The molecule has 0 radical (unpaired) electrons. The highest BCUT2D eigenvalue weighted by Gasteiger charge is 2.43. The van der Waals surface area contributed by atoms with E-state index >= 15 is 0 Å². The Bertz CT molecular complexity index is 814. The Labute approximate surface area is 167 Å². The van der Waals surface area contributed by atoms with Crippen LogP contribution < -0.4 is 4.74 Å². The van der Waals surface area contributed by atoms with Gasteiger partial charge >= 0.3 is 0 Å². The van der Waals surface area contributed by atoms with Gasteiger partial charge in [-0.3, -0.25) is 14.7 Å². The third kappa shape index (κ3) is 4.04. The minimum absolute atomic E-state index is 0.156. The predicted octanol–water partition coefficient (Wildman–Crippen LogP) is 3.46. The van der Waals surface area contributed by atoms with Crippen LogP contribution in [0.1, 0.15) is 42.7 Å². The summed E-state index contributed by atoms with van der Waals surface area (Å²) in [5, 5.41) is 0. The van der Waals surface area contributed by atoms with Gasteiger partial charge < -0.3 is 9.64 Å². The van der Waals surface area contributed by atoms with Crippen LogP contribution in [-0.4, -0.2) is 53.5 Å². The first-order valence-electron chi connectivity index (χ1n) is 10.1. The lowest BCUT2D eigenvalue weighted by molar-refractivity contribution is -0.129. The van der Waals surface area contributed by atoms with E-state index in [0.717, 1.165) is 44.6 Å². The zero-order valence-corrected chi connectivity index (χ0v) is 16.8. The normalized spacial score (nSPS) is 21.0. The Balaban J connectivity index is 1.47. The Hall–Kier alpha value is -2.40. The molecule has 4 rings (SSSR count). The monoisotopic (exact) mass is 379 g/mol. The van der Waals surface area contributed by atoms with E-state index in [1.165, 1.54) is 11.1 Å². The van der Waals surface area contributed by atoms with Crippen molar-refractivity contribution in [1.29, 1.82) is 0 Å². The Morgan fingerprint density at radius 3 is 2.71 bits per heavy atom. The van der Waals surface area contributed by atoms with E-state index in [4.69, 9.17) is 4.74 Å².